The van der Waals surface area contributed by atoms with Crippen LogP contribution in [0, 0.1) is 5.41 Å². The predicted molar refractivity (Wildman–Crippen MR) is 92.0 cm³/mol. The first-order valence-corrected chi connectivity index (χ1v) is 8.42. The van der Waals surface area contributed by atoms with Crippen LogP contribution in [0.1, 0.15) is 39.2 Å². The van der Waals surface area contributed by atoms with Crippen molar-refractivity contribution in [2.75, 3.05) is 26.7 Å². The van der Waals surface area contributed by atoms with E-state index in [0.29, 0.717) is 5.41 Å². The van der Waals surface area contributed by atoms with Gasteiger partial charge in [-0.1, -0.05) is 54.9 Å². The predicted octanol–water partition coefficient (Wildman–Crippen LogP) is 4.30. The molecule has 0 heterocycles. The van der Waals surface area contributed by atoms with Gasteiger partial charge in [-0.3, -0.25) is 0 Å². The number of hydrogen-bond acceptors (Lipinski definition) is 2. The average Bonchev–Trinajstić information content (AvgIpc) is 2.41. The lowest BCUT2D eigenvalue weighted by Gasteiger charge is -2.33. The monoisotopic (exact) mass is 340 g/mol. The summed E-state index contributed by atoms with van der Waals surface area (Å²) in [5.41, 5.74) is 1.69. The summed E-state index contributed by atoms with van der Waals surface area (Å²) in [6.07, 6.45) is 2.40. The topological polar surface area (TPSA) is 15.3 Å². The van der Waals surface area contributed by atoms with Gasteiger partial charge >= 0.3 is 0 Å². The highest BCUT2D eigenvalue weighted by atomic mass is 79.9. The van der Waals surface area contributed by atoms with Crippen molar-refractivity contribution in [1.82, 2.24) is 10.2 Å². The van der Waals surface area contributed by atoms with Crippen molar-refractivity contribution in [2.24, 2.45) is 5.41 Å². The zero-order valence-electron chi connectivity index (χ0n) is 13.4. The lowest BCUT2D eigenvalue weighted by atomic mass is 9.86. The van der Waals surface area contributed by atoms with Crippen LogP contribution in [-0.4, -0.2) is 31.6 Å². The number of rotatable bonds is 9. The molecular formula is C17H29BrN2. The summed E-state index contributed by atoms with van der Waals surface area (Å²) in [6.45, 7) is 11.2. The molecule has 0 aliphatic carbocycles. The van der Waals surface area contributed by atoms with E-state index in [1.807, 2.05) is 0 Å². The number of nitrogens with one attached hydrogen (secondary N) is 1. The molecular weight excluding hydrogens is 312 g/mol. The fraction of sp³-hybridized carbons (Fsp3) is 0.647. The quantitative estimate of drug-likeness (QED) is 0.674. The van der Waals surface area contributed by atoms with Gasteiger partial charge in [0.05, 0.1) is 0 Å². The van der Waals surface area contributed by atoms with Crippen LogP contribution in [0.3, 0.4) is 0 Å². The van der Waals surface area contributed by atoms with Crippen LogP contribution < -0.4 is 5.32 Å². The Labute approximate surface area is 133 Å². The summed E-state index contributed by atoms with van der Waals surface area (Å²) in [6, 6.07) is 8.48. The first kappa shape index (κ1) is 17.7. The molecule has 0 bridgehead atoms. The Kier molecular flexibility index (Phi) is 7.78. The van der Waals surface area contributed by atoms with Gasteiger partial charge < -0.3 is 10.2 Å². The second-order valence-electron chi connectivity index (χ2n) is 6.10. The van der Waals surface area contributed by atoms with Crippen LogP contribution in [-0.2, 0) is 6.54 Å². The van der Waals surface area contributed by atoms with Gasteiger partial charge in [0, 0.05) is 24.1 Å². The highest BCUT2D eigenvalue weighted by Gasteiger charge is 2.23. The third-order valence-electron chi connectivity index (χ3n) is 3.88. The molecule has 20 heavy (non-hydrogen) atoms. The molecule has 1 unspecified atom stereocenters. The molecule has 1 atom stereocenters. The minimum absolute atomic E-state index is 0.338. The van der Waals surface area contributed by atoms with E-state index in [9.17, 15) is 0 Å². The van der Waals surface area contributed by atoms with Gasteiger partial charge in [-0.2, -0.15) is 0 Å². The molecule has 2 nitrogen and oxygen atoms in total. The molecule has 0 fully saturated rings. The first-order valence-electron chi connectivity index (χ1n) is 7.63. The van der Waals surface area contributed by atoms with E-state index in [2.05, 4.69) is 78.2 Å². The van der Waals surface area contributed by atoms with E-state index in [0.717, 1.165) is 26.2 Å². The van der Waals surface area contributed by atoms with Crippen LogP contribution in [0.25, 0.3) is 0 Å². The van der Waals surface area contributed by atoms with Gasteiger partial charge in [-0.25, -0.2) is 0 Å². The molecule has 114 valence electrons. The molecule has 0 aliphatic rings. The summed E-state index contributed by atoms with van der Waals surface area (Å²) < 4.78 is 1.20. The molecule has 0 aromatic heterocycles. The maximum absolute atomic E-state index is 3.63. The maximum atomic E-state index is 3.63. The van der Waals surface area contributed by atoms with Crippen molar-refractivity contribution < 1.29 is 0 Å². The van der Waals surface area contributed by atoms with Crippen LogP contribution >= 0.6 is 15.9 Å². The minimum Gasteiger partial charge on any atom is -0.316 e. The van der Waals surface area contributed by atoms with Gasteiger partial charge in [-0.15, -0.1) is 0 Å². The third kappa shape index (κ3) is 5.94. The molecule has 3 heteroatoms. The Balaban J connectivity index is 2.54. The standard InChI is InChI=1S/C17H29BrN2/c1-5-11-19-13-17(3,6-2)14-20(4)12-15-9-7-8-10-16(15)18/h7-10,19H,5-6,11-14H2,1-4H3. The zero-order chi connectivity index (χ0) is 15.0. The molecule has 1 N–H and O–H groups in total. The van der Waals surface area contributed by atoms with E-state index < -0.39 is 0 Å². The van der Waals surface area contributed by atoms with E-state index in [4.69, 9.17) is 0 Å². The molecule has 0 spiro atoms. The van der Waals surface area contributed by atoms with Crippen LogP contribution in [0.2, 0.25) is 0 Å². The van der Waals surface area contributed by atoms with Gasteiger partial charge in [0.2, 0.25) is 0 Å². The Morgan fingerprint density at radius 3 is 2.55 bits per heavy atom. The van der Waals surface area contributed by atoms with Gasteiger partial charge in [0.1, 0.15) is 0 Å². The molecule has 0 radical (unpaired) electrons. The van der Waals surface area contributed by atoms with Crippen LogP contribution in [0.4, 0.5) is 0 Å². The summed E-state index contributed by atoms with van der Waals surface area (Å²) in [7, 11) is 2.22. The molecule has 0 saturated carbocycles. The lowest BCUT2D eigenvalue weighted by molar-refractivity contribution is 0.175. The van der Waals surface area contributed by atoms with Crippen molar-refractivity contribution in [1.29, 1.82) is 0 Å². The van der Waals surface area contributed by atoms with Crippen molar-refractivity contribution in [2.45, 2.75) is 40.2 Å². The Hall–Kier alpha value is -0.380. The number of halogens is 1. The van der Waals surface area contributed by atoms with Crippen molar-refractivity contribution in [3.05, 3.63) is 34.3 Å². The van der Waals surface area contributed by atoms with E-state index >= 15 is 0 Å². The third-order valence-corrected chi connectivity index (χ3v) is 4.66. The average molecular weight is 341 g/mol. The Morgan fingerprint density at radius 1 is 1.25 bits per heavy atom. The molecule has 0 aliphatic heterocycles. The van der Waals surface area contributed by atoms with Gasteiger partial charge in [0.25, 0.3) is 0 Å². The summed E-state index contributed by atoms with van der Waals surface area (Å²) >= 11 is 3.63. The van der Waals surface area contributed by atoms with E-state index in [1.165, 1.54) is 22.9 Å². The number of benzene rings is 1. The highest BCUT2D eigenvalue weighted by molar-refractivity contribution is 9.10. The fourth-order valence-corrected chi connectivity index (χ4v) is 2.89. The van der Waals surface area contributed by atoms with Gasteiger partial charge in [-0.05, 0) is 43.5 Å². The molecule has 1 aromatic rings. The summed E-state index contributed by atoms with van der Waals surface area (Å²) in [4.78, 5) is 2.43. The highest BCUT2D eigenvalue weighted by Crippen LogP contribution is 2.23. The maximum Gasteiger partial charge on any atom is 0.0242 e. The van der Waals surface area contributed by atoms with Gasteiger partial charge in [0.15, 0.2) is 0 Å². The fourth-order valence-electron chi connectivity index (χ4n) is 2.48. The SMILES string of the molecule is CCCNCC(C)(CC)CN(C)Cc1ccccc1Br. The molecule has 1 aromatic carbocycles. The van der Waals surface area contributed by atoms with Crippen molar-refractivity contribution >= 4 is 15.9 Å². The zero-order valence-corrected chi connectivity index (χ0v) is 15.0. The Morgan fingerprint density at radius 2 is 1.95 bits per heavy atom. The normalized spacial score (nSPS) is 14.5. The smallest absolute Gasteiger partial charge is 0.0242 e. The molecule has 0 amide bonds. The number of nitrogens with zero attached hydrogens (tertiary/aromatic N) is 1. The summed E-state index contributed by atoms with van der Waals surface area (Å²) in [5.74, 6) is 0. The van der Waals surface area contributed by atoms with E-state index in [-0.39, 0.29) is 0 Å². The second-order valence-corrected chi connectivity index (χ2v) is 6.96. The summed E-state index contributed by atoms with van der Waals surface area (Å²) in [5, 5.41) is 3.57. The van der Waals surface area contributed by atoms with Crippen molar-refractivity contribution in [3.63, 3.8) is 0 Å². The van der Waals surface area contributed by atoms with E-state index in [1.54, 1.807) is 0 Å². The number of hydrogen-bond donors (Lipinski definition) is 1. The molecule has 1 rings (SSSR count). The minimum atomic E-state index is 0.338. The second kappa shape index (κ2) is 8.81. The largest absolute Gasteiger partial charge is 0.316 e. The Bertz CT molecular complexity index is 394. The van der Waals surface area contributed by atoms with Crippen molar-refractivity contribution in [3.8, 4) is 0 Å². The lowest BCUT2D eigenvalue weighted by Crippen LogP contribution is -2.40. The first-order chi connectivity index (χ1) is 9.50. The van der Waals surface area contributed by atoms with Crippen LogP contribution in [0.15, 0.2) is 28.7 Å². The molecule has 0 saturated heterocycles. The van der Waals surface area contributed by atoms with Crippen LogP contribution in [0.5, 0.6) is 0 Å².